The predicted octanol–water partition coefficient (Wildman–Crippen LogP) is 2.95. The molecule has 86 valence electrons. The maximum Gasteiger partial charge on any atom is 0.185 e. The number of halogens is 1. The van der Waals surface area contributed by atoms with E-state index in [-0.39, 0.29) is 18.0 Å². The predicted molar refractivity (Wildman–Crippen MR) is 63.4 cm³/mol. The van der Waals surface area contributed by atoms with Crippen LogP contribution in [0.3, 0.4) is 0 Å². The van der Waals surface area contributed by atoms with Crippen LogP contribution in [0.2, 0.25) is 0 Å². The normalized spacial score (nSPS) is 10.2. The molecule has 1 aromatic carbocycles. The van der Waals surface area contributed by atoms with Crippen LogP contribution in [0.15, 0.2) is 42.5 Å². The number of carbonyl (C=O) groups excluding carboxylic acids is 1. The monoisotopic (exact) mass is 229 g/mol. The van der Waals surface area contributed by atoms with Gasteiger partial charge in [-0.1, -0.05) is 18.2 Å². The summed E-state index contributed by atoms with van der Waals surface area (Å²) in [7, 11) is 0. The molecule has 2 nitrogen and oxygen atoms in total. The van der Waals surface area contributed by atoms with Crippen LogP contribution in [0.4, 0.5) is 4.39 Å². The van der Waals surface area contributed by atoms with Gasteiger partial charge in [-0.25, -0.2) is 4.39 Å². The molecule has 1 heterocycles. The summed E-state index contributed by atoms with van der Waals surface area (Å²) in [6.45, 7) is 1.84. The Labute approximate surface area is 99.1 Å². The first-order chi connectivity index (χ1) is 8.15. The van der Waals surface area contributed by atoms with Gasteiger partial charge < -0.3 is 0 Å². The van der Waals surface area contributed by atoms with Crippen molar-refractivity contribution in [3.05, 3.63) is 65.2 Å². The summed E-state index contributed by atoms with van der Waals surface area (Å²) in [5.74, 6) is -0.352. The molecule has 2 aromatic rings. The van der Waals surface area contributed by atoms with Crippen LogP contribution < -0.4 is 0 Å². The first-order valence-electron chi connectivity index (χ1n) is 5.36. The molecule has 0 aliphatic heterocycles. The minimum absolute atomic E-state index is 0.0553. The fourth-order valence-electron chi connectivity index (χ4n) is 1.58. The van der Waals surface area contributed by atoms with E-state index in [9.17, 15) is 9.18 Å². The average Bonchev–Trinajstić information content (AvgIpc) is 2.32. The van der Waals surface area contributed by atoms with Gasteiger partial charge in [-0.05, 0) is 36.8 Å². The lowest BCUT2D eigenvalue weighted by atomic mass is 10.1. The minimum atomic E-state index is -0.296. The SMILES string of the molecule is Cc1cccc(C(=O)Cc2ccc(F)cc2)n1. The molecule has 1 aromatic heterocycles. The largest absolute Gasteiger partial charge is 0.292 e. The van der Waals surface area contributed by atoms with E-state index in [0.717, 1.165) is 11.3 Å². The van der Waals surface area contributed by atoms with E-state index in [1.807, 2.05) is 13.0 Å². The van der Waals surface area contributed by atoms with Gasteiger partial charge in [0.25, 0.3) is 0 Å². The van der Waals surface area contributed by atoms with E-state index in [1.54, 1.807) is 24.3 Å². The molecule has 0 spiro atoms. The highest BCUT2D eigenvalue weighted by molar-refractivity contribution is 5.95. The van der Waals surface area contributed by atoms with Gasteiger partial charge in [-0.3, -0.25) is 9.78 Å². The van der Waals surface area contributed by atoms with Crippen molar-refractivity contribution < 1.29 is 9.18 Å². The first-order valence-corrected chi connectivity index (χ1v) is 5.36. The van der Waals surface area contributed by atoms with Crippen LogP contribution in [-0.4, -0.2) is 10.8 Å². The molecule has 0 aliphatic rings. The molecule has 0 aliphatic carbocycles. The molecule has 0 radical (unpaired) electrons. The second kappa shape index (κ2) is 4.87. The highest BCUT2D eigenvalue weighted by Crippen LogP contribution is 2.08. The number of carbonyl (C=O) groups is 1. The molecule has 17 heavy (non-hydrogen) atoms. The number of aryl methyl sites for hydroxylation is 1. The van der Waals surface area contributed by atoms with Crippen LogP contribution in [-0.2, 0) is 6.42 Å². The highest BCUT2D eigenvalue weighted by atomic mass is 19.1. The van der Waals surface area contributed by atoms with Crippen molar-refractivity contribution in [2.24, 2.45) is 0 Å². The van der Waals surface area contributed by atoms with Crippen molar-refractivity contribution >= 4 is 5.78 Å². The highest BCUT2D eigenvalue weighted by Gasteiger charge is 2.08. The van der Waals surface area contributed by atoms with Crippen molar-refractivity contribution in [1.82, 2.24) is 4.98 Å². The third kappa shape index (κ3) is 2.97. The van der Waals surface area contributed by atoms with Crippen LogP contribution in [0.1, 0.15) is 21.7 Å². The molecule has 2 rings (SSSR count). The Morgan fingerprint density at radius 2 is 1.88 bits per heavy atom. The molecule has 0 saturated heterocycles. The van der Waals surface area contributed by atoms with Crippen LogP contribution in [0, 0.1) is 12.7 Å². The van der Waals surface area contributed by atoms with Crippen molar-refractivity contribution in [2.75, 3.05) is 0 Å². The van der Waals surface area contributed by atoms with E-state index in [2.05, 4.69) is 4.98 Å². The zero-order valence-corrected chi connectivity index (χ0v) is 9.48. The molecule has 0 atom stereocenters. The maximum atomic E-state index is 12.7. The van der Waals surface area contributed by atoms with Gasteiger partial charge in [0.1, 0.15) is 11.5 Å². The lowest BCUT2D eigenvalue weighted by Crippen LogP contribution is -2.06. The Hall–Kier alpha value is -2.03. The summed E-state index contributed by atoms with van der Waals surface area (Å²) >= 11 is 0. The van der Waals surface area contributed by atoms with E-state index >= 15 is 0 Å². The van der Waals surface area contributed by atoms with Gasteiger partial charge >= 0.3 is 0 Å². The van der Waals surface area contributed by atoms with E-state index in [0.29, 0.717) is 5.69 Å². The Morgan fingerprint density at radius 3 is 2.53 bits per heavy atom. The smallest absolute Gasteiger partial charge is 0.185 e. The van der Waals surface area contributed by atoms with Crippen molar-refractivity contribution in [3.8, 4) is 0 Å². The second-order valence-corrected chi connectivity index (χ2v) is 3.89. The first kappa shape index (κ1) is 11.5. The maximum absolute atomic E-state index is 12.7. The van der Waals surface area contributed by atoms with Crippen molar-refractivity contribution in [3.63, 3.8) is 0 Å². The molecule has 0 amide bonds. The summed E-state index contributed by atoms with van der Waals surface area (Å²) in [5, 5.41) is 0. The van der Waals surface area contributed by atoms with Crippen LogP contribution in [0.25, 0.3) is 0 Å². The summed E-state index contributed by atoms with van der Waals surface area (Å²) in [6, 6.07) is 11.3. The van der Waals surface area contributed by atoms with Gasteiger partial charge in [0.15, 0.2) is 5.78 Å². The molecule has 0 bridgehead atoms. The fraction of sp³-hybridized carbons (Fsp3) is 0.143. The number of ketones is 1. The van der Waals surface area contributed by atoms with Crippen LogP contribution >= 0.6 is 0 Å². The molecule has 0 saturated carbocycles. The lowest BCUT2D eigenvalue weighted by Gasteiger charge is -2.01. The van der Waals surface area contributed by atoms with E-state index in [1.165, 1.54) is 12.1 Å². The van der Waals surface area contributed by atoms with Gasteiger partial charge in [0.2, 0.25) is 0 Å². The topological polar surface area (TPSA) is 30.0 Å². The Balaban J connectivity index is 2.14. The molecule has 0 fully saturated rings. The summed E-state index contributed by atoms with van der Waals surface area (Å²) in [5.41, 5.74) is 2.06. The minimum Gasteiger partial charge on any atom is -0.292 e. The quantitative estimate of drug-likeness (QED) is 0.757. The second-order valence-electron chi connectivity index (χ2n) is 3.89. The molecular formula is C14H12FNO. The van der Waals surface area contributed by atoms with Gasteiger partial charge in [0, 0.05) is 12.1 Å². The summed E-state index contributed by atoms with van der Waals surface area (Å²) in [6.07, 6.45) is 0.247. The molecule has 0 unspecified atom stereocenters. The number of benzene rings is 1. The molecule has 0 N–H and O–H groups in total. The number of hydrogen-bond acceptors (Lipinski definition) is 2. The Bertz CT molecular complexity index is 534. The summed E-state index contributed by atoms with van der Waals surface area (Å²) < 4.78 is 12.7. The zero-order chi connectivity index (χ0) is 12.3. The Kier molecular flexibility index (Phi) is 3.28. The number of rotatable bonds is 3. The van der Waals surface area contributed by atoms with Gasteiger partial charge in [-0.2, -0.15) is 0 Å². The van der Waals surface area contributed by atoms with E-state index in [4.69, 9.17) is 0 Å². The Morgan fingerprint density at radius 1 is 1.18 bits per heavy atom. The lowest BCUT2D eigenvalue weighted by molar-refractivity contribution is 0.0988. The number of nitrogens with zero attached hydrogens (tertiary/aromatic N) is 1. The third-order valence-electron chi connectivity index (χ3n) is 2.45. The number of hydrogen-bond donors (Lipinski definition) is 0. The summed E-state index contributed by atoms with van der Waals surface area (Å²) in [4.78, 5) is 16.1. The number of pyridine rings is 1. The van der Waals surface area contributed by atoms with Crippen molar-refractivity contribution in [1.29, 1.82) is 0 Å². The number of Topliss-reactive ketones (excluding diaryl/α,β-unsaturated/α-hetero) is 1. The van der Waals surface area contributed by atoms with Gasteiger partial charge in [-0.15, -0.1) is 0 Å². The standard InChI is InChI=1S/C14H12FNO/c1-10-3-2-4-13(16-10)14(17)9-11-5-7-12(15)8-6-11/h2-8H,9H2,1H3. The molecular weight excluding hydrogens is 217 g/mol. The van der Waals surface area contributed by atoms with Crippen molar-refractivity contribution in [2.45, 2.75) is 13.3 Å². The molecule has 3 heteroatoms. The number of aromatic nitrogens is 1. The fourth-order valence-corrected chi connectivity index (χ4v) is 1.58. The van der Waals surface area contributed by atoms with E-state index < -0.39 is 0 Å². The zero-order valence-electron chi connectivity index (χ0n) is 9.48. The van der Waals surface area contributed by atoms with Crippen LogP contribution in [0.5, 0.6) is 0 Å². The van der Waals surface area contributed by atoms with Gasteiger partial charge in [0.05, 0.1) is 0 Å². The third-order valence-corrected chi connectivity index (χ3v) is 2.45. The average molecular weight is 229 g/mol.